The number of piperidine rings is 1. The Kier molecular flexibility index (Phi) is 7.31. The monoisotopic (exact) mass is 441 g/mol. The second-order valence-electron chi connectivity index (χ2n) is 7.74. The van der Waals surface area contributed by atoms with E-state index in [1.807, 2.05) is 18.3 Å². The van der Waals surface area contributed by atoms with Crippen molar-refractivity contribution in [2.75, 3.05) is 33.0 Å². The first-order valence-corrected chi connectivity index (χ1v) is 12.0. The van der Waals surface area contributed by atoms with E-state index in [1.54, 1.807) is 29.2 Å². The van der Waals surface area contributed by atoms with E-state index >= 15 is 0 Å². The molecule has 1 aliphatic rings. The normalized spacial score (nSPS) is 15.0. The summed E-state index contributed by atoms with van der Waals surface area (Å²) in [6.45, 7) is 2.06. The van der Waals surface area contributed by atoms with Crippen molar-refractivity contribution < 1.29 is 17.9 Å². The molecule has 7 nitrogen and oxygen atoms in total. The molecule has 2 heterocycles. The molecule has 1 aromatic carbocycles. The van der Waals surface area contributed by atoms with Crippen LogP contribution >= 0.6 is 0 Å². The summed E-state index contributed by atoms with van der Waals surface area (Å²) < 4.78 is 28.2. The average Bonchev–Trinajstić information content (AvgIpc) is 2.77. The van der Waals surface area contributed by atoms with Crippen LogP contribution in [0.2, 0.25) is 0 Å². The van der Waals surface area contributed by atoms with Gasteiger partial charge < -0.3 is 9.64 Å². The Morgan fingerprint density at radius 1 is 1.23 bits per heavy atom. The highest BCUT2D eigenvalue weighted by Crippen LogP contribution is 2.21. The molecule has 0 spiro atoms. The van der Waals surface area contributed by atoms with Gasteiger partial charge in [0.05, 0.1) is 10.6 Å². The van der Waals surface area contributed by atoms with Crippen molar-refractivity contribution >= 4 is 15.9 Å². The van der Waals surface area contributed by atoms with Gasteiger partial charge in [0.15, 0.2) is 16.4 Å². The van der Waals surface area contributed by atoms with Crippen LogP contribution in [0.4, 0.5) is 4.79 Å². The van der Waals surface area contributed by atoms with Crippen LogP contribution < -0.4 is 0 Å². The smallest absolute Gasteiger partial charge is 0.410 e. The number of likely N-dealkylation sites (tertiary alicyclic amines) is 1. The maximum Gasteiger partial charge on any atom is 0.410 e. The van der Waals surface area contributed by atoms with E-state index in [-0.39, 0.29) is 12.7 Å². The molecular formula is C23H27N3O4S. The number of hydrogen-bond acceptors (Lipinski definition) is 6. The zero-order valence-corrected chi connectivity index (χ0v) is 18.6. The standard InChI is InChI=1S/C23H27N3O4S/c1-4-15-30-23(27)26-13-11-20(12-14-26)25(2)17-18-5-10-22(24-16-18)19-6-8-21(9-7-19)31(3,28)29/h1,5-10,16,20H,11-15,17H2,2-3H3. The number of nitrogens with zero attached hydrogens (tertiary/aromatic N) is 3. The van der Waals surface area contributed by atoms with Crippen molar-refractivity contribution in [2.45, 2.75) is 30.3 Å². The van der Waals surface area contributed by atoms with Crippen molar-refractivity contribution in [3.05, 3.63) is 48.2 Å². The van der Waals surface area contributed by atoms with Gasteiger partial charge in [0.2, 0.25) is 0 Å². The topological polar surface area (TPSA) is 79.8 Å². The molecule has 2 aromatic rings. The molecule has 1 amide bonds. The molecule has 1 aromatic heterocycles. The Labute approximate surface area is 184 Å². The Balaban J connectivity index is 1.54. The molecule has 0 N–H and O–H groups in total. The van der Waals surface area contributed by atoms with Gasteiger partial charge >= 0.3 is 6.09 Å². The molecule has 0 bridgehead atoms. The molecule has 1 aliphatic heterocycles. The molecule has 0 atom stereocenters. The Morgan fingerprint density at radius 3 is 2.45 bits per heavy atom. The Bertz CT molecular complexity index is 1040. The van der Waals surface area contributed by atoms with Crippen LogP contribution in [-0.2, 0) is 21.1 Å². The third-order valence-electron chi connectivity index (χ3n) is 5.46. The predicted molar refractivity (Wildman–Crippen MR) is 119 cm³/mol. The van der Waals surface area contributed by atoms with Crippen LogP contribution in [0.5, 0.6) is 0 Å². The van der Waals surface area contributed by atoms with Gasteiger partial charge in [-0.15, -0.1) is 6.42 Å². The zero-order valence-electron chi connectivity index (χ0n) is 17.8. The van der Waals surface area contributed by atoms with E-state index in [1.165, 1.54) is 6.26 Å². The van der Waals surface area contributed by atoms with Gasteiger partial charge in [0, 0.05) is 43.7 Å². The summed E-state index contributed by atoms with van der Waals surface area (Å²) in [5, 5.41) is 0. The van der Waals surface area contributed by atoms with Crippen LogP contribution in [-0.4, -0.2) is 68.3 Å². The van der Waals surface area contributed by atoms with Gasteiger partial charge in [-0.05, 0) is 43.7 Å². The van der Waals surface area contributed by atoms with Gasteiger partial charge in [-0.1, -0.05) is 24.1 Å². The molecule has 0 unspecified atom stereocenters. The minimum atomic E-state index is -3.21. The molecule has 31 heavy (non-hydrogen) atoms. The van der Waals surface area contributed by atoms with Crippen LogP contribution in [0.25, 0.3) is 11.3 Å². The van der Waals surface area contributed by atoms with Crippen molar-refractivity contribution in [3.8, 4) is 23.6 Å². The largest absolute Gasteiger partial charge is 0.436 e. The first-order chi connectivity index (χ1) is 14.8. The summed E-state index contributed by atoms with van der Waals surface area (Å²) in [5.41, 5.74) is 2.76. The first kappa shape index (κ1) is 22.8. The number of benzene rings is 1. The van der Waals surface area contributed by atoms with Gasteiger partial charge in [0.1, 0.15) is 0 Å². The van der Waals surface area contributed by atoms with Crippen molar-refractivity contribution in [1.82, 2.24) is 14.8 Å². The van der Waals surface area contributed by atoms with Crippen LogP contribution in [0.3, 0.4) is 0 Å². The third kappa shape index (κ3) is 6.06. The number of amides is 1. The molecule has 3 rings (SSSR count). The minimum absolute atomic E-state index is 0.00348. The molecule has 1 fully saturated rings. The van der Waals surface area contributed by atoms with Gasteiger partial charge in [0.25, 0.3) is 0 Å². The summed E-state index contributed by atoms with van der Waals surface area (Å²) in [6, 6.07) is 11.1. The van der Waals surface area contributed by atoms with Crippen molar-refractivity contribution in [3.63, 3.8) is 0 Å². The minimum Gasteiger partial charge on any atom is -0.436 e. The summed E-state index contributed by atoms with van der Waals surface area (Å²) in [4.78, 5) is 20.7. The molecule has 164 valence electrons. The van der Waals surface area contributed by atoms with E-state index in [2.05, 4.69) is 22.9 Å². The number of terminal acetylenes is 1. The zero-order chi connectivity index (χ0) is 22.4. The maximum absolute atomic E-state index is 11.9. The van der Waals surface area contributed by atoms with Gasteiger partial charge in [-0.3, -0.25) is 9.88 Å². The molecule has 0 radical (unpaired) electrons. The quantitative estimate of drug-likeness (QED) is 0.642. The lowest BCUT2D eigenvalue weighted by Gasteiger charge is -2.36. The van der Waals surface area contributed by atoms with E-state index in [0.717, 1.165) is 36.2 Å². The molecule has 0 saturated carbocycles. The number of pyridine rings is 1. The number of carbonyl (C=O) groups excluding carboxylic acids is 1. The van der Waals surface area contributed by atoms with E-state index in [0.29, 0.717) is 24.0 Å². The lowest BCUT2D eigenvalue weighted by atomic mass is 10.0. The fourth-order valence-electron chi connectivity index (χ4n) is 3.66. The number of sulfone groups is 1. The highest BCUT2D eigenvalue weighted by Gasteiger charge is 2.26. The molecule has 0 aliphatic carbocycles. The Morgan fingerprint density at radius 2 is 1.90 bits per heavy atom. The summed E-state index contributed by atoms with van der Waals surface area (Å²) in [6.07, 6.45) is 9.58. The number of aromatic nitrogens is 1. The van der Waals surface area contributed by atoms with Crippen LogP contribution in [0.15, 0.2) is 47.5 Å². The van der Waals surface area contributed by atoms with Gasteiger partial charge in [-0.2, -0.15) is 0 Å². The first-order valence-electron chi connectivity index (χ1n) is 10.1. The van der Waals surface area contributed by atoms with Crippen molar-refractivity contribution in [2.24, 2.45) is 0 Å². The number of hydrogen-bond donors (Lipinski definition) is 0. The number of ether oxygens (including phenoxy) is 1. The van der Waals surface area contributed by atoms with Gasteiger partial charge in [-0.25, -0.2) is 13.2 Å². The van der Waals surface area contributed by atoms with Crippen LogP contribution in [0.1, 0.15) is 18.4 Å². The second-order valence-corrected chi connectivity index (χ2v) is 9.76. The SMILES string of the molecule is C#CCOC(=O)N1CCC(N(C)Cc2ccc(-c3ccc(S(C)(=O)=O)cc3)nc2)CC1. The fourth-order valence-corrected chi connectivity index (χ4v) is 4.29. The molecular weight excluding hydrogens is 414 g/mol. The third-order valence-corrected chi connectivity index (χ3v) is 6.59. The van der Waals surface area contributed by atoms with E-state index in [4.69, 9.17) is 11.2 Å². The lowest BCUT2D eigenvalue weighted by molar-refractivity contribution is 0.0838. The van der Waals surface area contributed by atoms with E-state index < -0.39 is 9.84 Å². The summed E-state index contributed by atoms with van der Waals surface area (Å²) in [5.74, 6) is 2.31. The van der Waals surface area contributed by atoms with E-state index in [9.17, 15) is 13.2 Å². The number of carbonyl (C=O) groups is 1. The lowest BCUT2D eigenvalue weighted by Crippen LogP contribution is -2.45. The second kappa shape index (κ2) is 9.94. The van der Waals surface area contributed by atoms with Crippen molar-refractivity contribution in [1.29, 1.82) is 0 Å². The maximum atomic E-state index is 11.9. The fraction of sp³-hybridized carbons (Fsp3) is 0.391. The highest BCUT2D eigenvalue weighted by atomic mass is 32.2. The summed E-state index contributed by atoms with van der Waals surface area (Å²) >= 11 is 0. The predicted octanol–water partition coefficient (Wildman–Crippen LogP) is 2.82. The highest BCUT2D eigenvalue weighted by molar-refractivity contribution is 7.90. The number of rotatable bonds is 6. The molecule has 1 saturated heterocycles. The Hall–Kier alpha value is -2.89. The van der Waals surface area contributed by atoms with Crippen LogP contribution in [0, 0.1) is 12.3 Å². The molecule has 8 heteroatoms. The average molecular weight is 442 g/mol. The summed E-state index contributed by atoms with van der Waals surface area (Å²) in [7, 11) is -1.13.